The topological polar surface area (TPSA) is 101 Å². The van der Waals surface area contributed by atoms with E-state index in [1.807, 2.05) is 49.9 Å². The van der Waals surface area contributed by atoms with Gasteiger partial charge in [0.1, 0.15) is 22.8 Å². The zero-order valence-electron chi connectivity index (χ0n) is 17.4. The Morgan fingerprint density at radius 1 is 1.23 bits per heavy atom. The number of imidazole rings is 1. The standard InChI is InChI=1S/C22H27BrN4O3/c1-22(2,3)30-21(29)27-15-6-4-5-13(15)11-16(27)20-25-17(18(26-20)19(24)28)12-7-9-14(23)10-8-12/h7-10,13,15-16H,4-6,11H2,1-3H3,(H2,24,28)(H,25,26)/t13?,15-,16+/m1/s1. The summed E-state index contributed by atoms with van der Waals surface area (Å²) in [6.45, 7) is 5.60. The van der Waals surface area contributed by atoms with Gasteiger partial charge >= 0.3 is 6.09 Å². The lowest BCUT2D eigenvalue weighted by molar-refractivity contribution is 0.0130. The van der Waals surface area contributed by atoms with Crippen molar-refractivity contribution in [2.75, 3.05) is 0 Å². The molecular formula is C22H27BrN4O3. The van der Waals surface area contributed by atoms with Crippen LogP contribution in [0.15, 0.2) is 28.7 Å². The number of aromatic amines is 1. The van der Waals surface area contributed by atoms with Crippen molar-refractivity contribution >= 4 is 27.9 Å². The molecule has 7 nitrogen and oxygen atoms in total. The van der Waals surface area contributed by atoms with Crippen LogP contribution in [0.25, 0.3) is 11.3 Å². The number of hydrogen-bond donors (Lipinski definition) is 2. The predicted octanol–water partition coefficient (Wildman–Crippen LogP) is 4.79. The quantitative estimate of drug-likeness (QED) is 0.667. The second-order valence-electron chi connectivity index (χ2n) is 9.11. The third kappa shape index (κ3) is 3.97. The lowest BCUT2D eigenvalue weighted by Crippen LogP contribution is -2.41. The first-order chi connectivity index (χ1) is 14.1. The molecule has 0 spiro atoms. The second kappa shape index (κ2) is 7.72. The lowest BCUT2D eigenvalue weighted by Gasteiger charge is -2.31. The number of amides is 2. The molecule has 2 fully saturated rings. The van der Waals surface area contributed by atoms with Crippen molar-refractivity contribution < 1.29 is 14.3 Å². The van der Waals surface area contributed by atoms with Crippen LogP contribution >= 0.6 is 15.9 Å². The number of carbonyl (C=O) groups excluding carboxylic acids is 2. The molecule has 2 heterocycles. The molecule has 1 saturated heterocycles. The summed E-state index contributed by atoms with van der Waals surface area (Å²) in [5.41, 5.74) is 6.61. The minimum Gasteiger partial charge on any atom is -0.444 e. The Labute approximate surface area is 184 Å². The monoisotopic (exact) mass is 474 g/mol. The normalized spacial score (nSPS) is 23.5. The molecule has 1 aliphatic heterocycles. The van der Waals surface area contributed by atoms with E-state index < -0.39 is 11.5 Å². The van der Waals surface area contributed by atoms with Crippen molar-refractivity contribution in [3.05, 3.63) is 40.3 Å². The fourth-order valence-corrected chi connectivity index (χ4v) is 4.92. The SMILES string of the molecule is CC(C)(C)OC(=O)N1[C@@H]2CCCC2C[C@H]1c1nc(-c2ccc(Br)cc2)c(C(N)=O)[nH]1. The average molecular weight is 475 g/mol. The van der Waals surface area contributed by atoms with E-state index in [0.29, 0.717) is 17.4 Å². The van der Waals surface area contributed by atoms with Gasteiger partial charge in [0.05, 0.1) is 6.04 Å². The highest BCUT2D eigenvalue weighted by molar-refractivity contribution is 9.10. The van der Waals surface area contributed by atoms with E-state index >= 15 is 0 Å². The molecule has 1 aliphatic carbocycles. The molecular weight excluding hydrogens is 448 g/mol. The molecule has 8 heteroatoms. The number of carbonyl (C=O) groups is 2. The highest BCUT2D eigenvalue weighted by Gasteiger charge is 2.49. The molecule has 0 radical (unpaired) electrons. The largest absolute Gasteiger partial charge is 0.444 e. The molecule has 2 aliphatic rings. The molecule has 1 unspecified atom stereocenters. The first-order valence-corrected chi connectivity index (χ1v) is 11.1. The van der Waals surface area contributed by atoms with Crippen molar-refractivity contribution in [3.8, 4) is 11.3 Å². The van der Waals surface area contributed by atoms with Crippen molar-refractivity contribution in [1.29, 1.82) is 0 Å². The maximum Gasteiger partial charge on any atom is 0.411 e. The maximum absolute atomic E-state index is 13.1. The van der Waals surface area contributed by atoms with Gasteiger partial charge in [-0.2, -0.15) is 0 Å². The van der Waals surface area contributed by atoms with Crippen LogP contribution in [-0.2, 0) is 4.74 Å². The summed E-state index contributed by atoms with van der Waals surface area (Å²) < 4.78 is 6.65. The number of halogens is 1. The molecule has 0 bridgehead atoms. The number of likely N-dealkylation sites (tertiary alicyclic amines) is 1. The van der Waals surface area contributed by atoms with E-state index in [9.17, 15) is 9.59 Å². The highest BCUT2D eigenvalue weighted by atomic mass is 79.9. The van der Waals surface area contributed by atoms with Crippen molar-refractivity contribution in [2.24, 2.45) is 11.7 Å². The Morgan fingerprint density at radius 3 is 2.57 bits per heavy atom. The van der Waals surface area contributed by atoms with Crippen molar-refractivity contribution in [3.63, 3.8) is 0 Å². The number of aromatic nitrogens is 2. The number of primary amides is 1. The molecule has 3 atom stereocenters. The Bertz CT molecular complexity index is 964. The molecule has 1 saturated carbocycles. The van der Waals surface area contributed by atoms with Crippen LogP contribution in [-0.4, -0.2) is 38.5 Å². The summed E-state index contributed by atoms with van der Waals surface area (Å²) in [7, 11) is 0. The Morgan fingerprint density at radius 2 is 1.93 bits per heavy atom. The molecule has 1 aromatic heterocycles. The minimum atomic E-state index is -0.581. The Hall–Kier alpha value is -2.35. The molecule has 2 amide bonds. The predicted molar refractivity (Wildman–Crippen MR) is 117 cm³/mol. The summed E-state index contributed by atoms with van der Waals surface area (Å²) in [6.07, 6.45) is 3.63. The van der Waals surface area contributed by atoms with E-state index in [1.165, 1.54) is 0 Å². The summed E-state index contributed by atoms with van der Waals surface area (Å²) in [5.74, 6) is 0.427. The highest BCUT2D eigenvalue weighted by Crippen LogP contribution is 2.47. The van der Waals surface area contributed by atoms with Crippen LogP contribution < -0.4 is 5.73 Å². The number of benzene rings is 1. The van der Waals surface area contributed by atoms with Gasteiger partial charge in [-0.25, -0.2) is 9.78 Å². The number of rotatable bonds is 3. The summed E-state index contributed by atoms with van der Waals surface area (Å²) in [6, 6.07) is 7.42. The van der Waals surface area contributed by atoms with Crippen LogP contribution in [0.3, 0.4) is 0 Å². The van der Waals surface area contributed by atoms with Crippen LogP contribution in [0.2, 0.25) is 0 Å². The van der Waals surface area contributed by atoms with E-state index in [0.717, 1.165) is 35.7 Å². The van der Waals surface area contributed by atoms with Crippen LogP contribution in [0, 0.1) is 5.92 Å². The number of fused-ring (bicyclic) bond motifs is 1. The summed E-state index contributed by atoms with van der Waals surface area (Å²) in [5, 5.41) is 0. The molecule has 3 N–H and O–H groups in total. The van der Waals surface area contributed by atoms with Gasteiger partial charge in [-0.1, -0.05) is 34.5 Å². The van der Waals surface area contributed by atoms with E-state index in [4.69, 9.17) is 15.5 Å². The number of nitrogens with two attached hydrogens (primary N) is 1. The van der Waals surface area contributed by atoms with Gasteiger partial charge in [-0.15, -0.1) is 0 Å². The third-order valence-corrected chi connectivity index (χ3v) is 6.37. The van der Waals surface area contributed by atoms with Crippen LogP contribution in [0.5, 0.6) is 0 Å². The van der Waals surface area contributed by atoms with Gasteiger partial charge in [0, 0.05) is 16.1 Å². The zero-order chi connectivity index (χ0) is 21.6. The lowest BCUT2D eigenvalue weighted by atomic mass is 10.0. The van der Waals surface area contributed by atoms with Gasteiger partial charge in [0.25, 0.3) is 5.91 Å². The molecule has 160 valence electrons. The minimum absolute atomic E-state index is 0.142. The molecule has 30 heavy (non-hydrogen) atoms. The number of nitrogens with one attached hydrogen (secondary N) is 1. The Kier molecular flexibility index (Phi) is 5.38. The Balaban J connectivity index is 1.72. The zero-order valence-corrected chi connectivity index (χ0v) is 19.0. The van der Waals surface area contributed by atoms with E-state index in [1.54, 1.807) is 0 Å². The van der Waals surface area contributed by atoms with Gasteiger partial charge in [-0.3, -0.25) is 9.69 Å². The van der Waals surface area contributed by atoms with E-state index in [-0.39, 0.29) is 23.9 Å². The van der Waals surface area contributed by atoms with Gasteiger partial charge in [-0.05, 0) is 58.1 Å². The van der Waals surface area contributed by atoms with Gasteiger partial charge in [0.15, 0.2) is 0 Å². The molecule has 1 aromatic carbocycles. The van der Waals surface area contributed by atoms with Gasteiger partial charge < -0.3 is 15.5 Å². The maximum atomic E-state index is 13.1. The van der Waals surface area contributed by atoms with Crippen molar-refractivity contribution in [2.45, 2.75) is 64.1 Å². The van der Waals surface area contributed by atoms with E-state index in [2.05, 4.69) is 20.9 Å². The molecule has 4 rings (SSSR count). The number of H-pyrrole nitrogens is 1. The first kappa shape index (κ1) is 20.9. The number of ether oxygens (including phenoxy) is 1. The summed E-state index contributed by atoms with van der Waals surface area (Å²) in [4.78, 5) is 34.9. The van der Waals surface area contributed by atoms with Gasteiger partial charge in [0.2, 0.25) is 0 Å². The smallest absolute Gasteiger partial charge is 0.411 e. The molecule has 2 aromatic rings. The van der Waals surface area contributed by atoms with Crippen molar-refractivity contribution in [1.82, 2.24) is 14.9 Å². The summed E-state index contributed by atoms with van der Waals surface area (Å²) >= 11 is 3.42. The average Bonchev–Trinajstić information content (AvgIpc) is 3.34. The fraction of sp³-hybridized carbons (Fsp3) is 0.500. The second-order valence-corrected chi connectivity index (χ2v) is 10.0. The fourth-order valence-electron chi connectivity index (χ4n) is 4.65. The number of hydrogen-bond acceptors (Lipinski definition) is 4. The third-order valence-electron chi connectivity index (χ3n) is 5.84. The first-order valence-electron chi connectivity index (χ1n) is 10.3. The van der Waals surface area contributed by atoms with Crippen LogP contribution in [0.4, 0.5) is 4.79 Å². The van der Waals surface area contributed by atoms with Crippen LogP contribution in [0.1, 0.15) is 68.8 Å². The number of nitrogens with zero attached hydrogens (tertiary/aromatic N) is 2.